The molecule has 1 aliphatic carbocycles. The van der Waals surface area contributed by atoms with E-state index in [1.165, 1.54) is 4.88 Å². The van der Waals surface area contributed by atoms with E-state index in [2.05, 4.69) is 21.9 Å². The van der Waals surface area contributed by atoms with Gasteiger partial charge in [0.15, 0.2) is 0 Å². The number of amides is 1. The zero-order valence-corrected chi connectivity index (χ0v) is 16.6. The summed E-state index contributed by atoms with van der Waals surface area (Å²) >= 11 is 1.68. The summed E-state index contributed by atoms with van der Waals surface area (Å²) in [7, 11) is 0. The third kappa shape index (κ3) is 3.34. The van der Waals surface area contributed by atoms with Crippen LogP contribution in [-0.2, 0) is 10.2 Å². The SMILES string of the molecule is Cc1cc(C)n(C(CNC(=O)C2(c3cccs3)CCCC2)c2ccco2)n1. The van der Waals surface area contributed by atoms with Crippen LogP contribution in [0.4, 0.5) is 0 Å². The average molecular weight is 384 g/mol. The molecule has 0 spiro atoms. The second kappa shape index (κ2) is 7.35. The molecule has 3 aromatic rings. The van der Waals surface area contributed by atoms with E-state index in [9.17, 15) is 4.79 Å². The van der Waals surface area contributed by atoms with Gasteiger partial charge in [-0.2, -0.15) is 5.10 Å². The van der Waals surface area contributed by atoms with E-state index in [4.69, 9.17) is 4.42 Å². The maximum atomic E-state index is 13.3. The van der Waals surface area contributed by atoms with Gasteiger partial charge in [0, 0.05) is 17.1 Å². The van der Waals surface area contributed by atoms with Crippen LogP contribution in [0.2, 0.25) is 0 Å². The van der Waals surface area contributed by atoms with E-state index in [0.29, 0.717) is 6.54 Å². The summed E-state index contributed by atoms with van der Waals surface area (Å²) in [6.07, 6.45) is 5.71. The molecule has 0 aliphatic heterocycles. The van der Waals surface area contributed by atoms with Gasteiger partial charge in [-0.3, -0.25) is 9.48 Å². The molecule has 1 aliphatic rings. The summed E-state index contributed by atoms with van der Waals surface area (Å²) in [5, 5.41) is 9.90. The fourth-order valence-corrected chi connectivity index (χ4v) is 5.21. The first-order chi connectivity index (χ1) is 13.1. The summed E-state index contributed by atoms with van der Waals surface area (Å²) in [4.78, 5) is 14.5. The van der Waals surface area contributed by atoms with Crippen LogP contribution in [0.5, 0.6) is 0 Å². The minimum atomic E-state index is -0.378. The highest BCUT2D eigenvalue weighted by Crippen LogP contribution is 2.43. The van der Waals surface area contributed by atoms with E-state index in [-0.39, 0.29) is 17.4 Å². The number of nitrogens with zero attached hydrogens (tertiary/aromatic N) is 2. The predicted octanol–water partition coefficient (Wildman–Crippen LogP) is 4.37. The normalized spacial score (nSPS) is 17.1. The maximum Gasteiger partial charge on any atom is 0.231 e. The topological polar surface area (TPSA) is 60.1 Å². The Labute approximate surface area is 163 Å². The van der Waals surface area contributed by atoms with Crippen LogP contribution < -0.4 is 5.32 Å². The van der Waals surface area contributed by atoms with Crippen molar-refractivity contribution in [1.82, 2.24) is 15.1 Å². The number of nitrogens with one attached hydrogen (secondary N) is 1. The molecule has 1 amide bonds. The van der Waals surface area contributed by atoms with E-state index in [0.717, 1.165) is 42.8 Å². The number of carbonyl (C=O) groups is 1. The van der Waals surface area contributed by atoms with Gasteiger partial charge in [0.2, 0.25) is 5.91 Å². The fraction of sp³-hybridized carbons (Fsp3) is 0.429. The Morgan fingerprint density at radius 1 is 1.33 bits per heavy atom. The molecule has 1 fully saturated rings. The number of rotatable bonds is 6. The lowest BCUT2D eigenvalue weighted by atomic mass is 9.83. The Morgan fingerprint density at radius 2 is 2.15 bits per heavy atom. The van der Waals surface area contributed by atoms with Crippen LogP contribution in [0.15, 0.2) is 46.4 Å². The van der Waals surface area contributed by atoms with Crippen molar-refractivity contribution in [2.75, 3.05) is 6.54 Å². The zero-order chi connectivity index (χ0) is 18.9. The lowest BCUT2D eigenvalue weighted by Crippen LogP contribution is -2.44. The molecular weight excluding hydrogens is 358 g/mol. The van der Waals surface area contributed by atoms with Gasteiger partial charge in [-0.1, -0.05) is 18.9 Å². The van der Waals surface area contributed by atoms with Crippen molar-refractivity contribution in [2.24, 2.45) is 0 Å². The molecule has 0 aromatic carbocycles. The minimum absolute atomic E-state index is 0.125. The van der Waals surface area contributed by atoms with Gasteiger partial charge in [0.25, 0.3) is 0 Å². The number of hydrogen-bond acceptors (Lipinski definition) is 4. The first-order valence-corrected chi connectivity index (χ1v) is 10.4. The van der Waals surface area contributed by atoms with Crippen molar-refractivity contribution in [3.05, 3.63) is 64.0 Å². The Bertz CT molecular complexity index is 890. The molecule has 142 valence electrons. The van der Waals surface area contributed by atoms with Crippen molar-refractivity contribution in [3.8, 4) is 0 Å². The summed E-state index contributed by atoms with van der Waals surface area (Å²) in [5.41, 5.74) is 1.63. The third-order valence-electron chi connectivity index (χ3n) is 5.55. The quantitative estimate of drug-likeness (QED) is 0.687. The number of furan rings is 1. The molecule has 0 saturated heterocycles. The predicted molar refractivity (Wildman–Crippen MR) is 106 cm³/mol. The van der Waals surface area contributed by atoms with Gasteiger partial charge in [-0.25, -0.2) is 0 Å². The first kappa shape index (κ1) is 18.0. The maximum absolute atomic E-state index is 13.3. The van der Waals surface area contributed by atoms with Gasteiger partial charge >= 0.3 is 0 Å². The lowest BCUT2D eigenvalue weighted by Gasteiger charge is -2.28. The third-order valence-corrected chi connectivity index (χ3v) is 6.63. The molecule has 1 unspecified atom stereocenters. The summed E-state index contributed by atoms with van der Waals surface area (Å²) in [5.74, 6) is 0.929. The molecule has 5 nitrogen and oxygen atoms in total. The van der Waals surface area contributed by atoms with Crippen LogP contribution in [0.25, 0.3) is 0 Å². The summed E-state index contributed by atoms with van der Waals surface area (Å²) in [6, 6.07) is 9.84. The van der Waals surface area contributed by atoms with Crippen LogP contribution in [0.3, 0.4) is 0 Å². The summed E-state index contributed by atoms with van der Waals surface area (Å²) < 4.78 is 7.60. The summed E-state index contributed by atoms with van der Waals surface area (Å²) in [6.45, 7) is 4.47. The van der Waals surface area contributed by atoms with Crippen molar-refractivity contribution >= 4 is 17.2 Å². The smallest absolute Gasteiger partial charge is 0.231 e. The fourth-order valence-electron chi connectivity index (χ4n) is 4.22. The average Bonchev–Trinajstić information content (AvgIpc) is 3.44. The molecule has 4 rings (SSSR count). The Hall–Kier alpha value is -2.34. The van der Waals surface area contributed by atoms with Crippen molar-refractivity contribution in [3.63, 3.8) is 0 Å². The van der Waals surface area contributed by atoms with Gasteiger partial charge < -0.3 is 9.73 Å². The molecule has 0 radical (unpaired) electrons. The highest BCUT2D eigenvalue weighted by Gasteiger charge is 2.43. The molecule has 1 atom stereocenters. The Morgan fingerprint density at radius 3 is 2.74 bits per heavy atom. The van der Waals surface area contributed by atoms with E-state index < -0.39 is 0 Å². The second-order valence-corrected chi connectivity index (χ2v) is 8.33. The Kier molecular flexibility index (Phi) is 4.91. The zero-order valence-electron chi connectivity index (χ0n) is 15.8. The molecule has 3 aromatic heterocycles. The Balaban J connectivity index is 1.57. The lowest BCUT2D eigenvalue weighted by molar-refractivity contribution is -0.126. The molecule has 3 heterocycles. The standard InChI is InChI=1S/C21H25N3O2S/c1-15-13-16(2)24(23-15)17(18-7-5-11-26-18)14-22-20(25)21(9-3-4-10-21)19-8-6-12-27-19/h5-8,11-13,17H,3-4,9-10,14H2,1-2H3,(H,22,25). The van der Waals surface area contributed by atoms with Crippen LogP contribution in [0.1, 0.15) is 53.8 Å². The van der Waals surface area contributed by atoms with E-state index in [1.54, 1.807) is 17.6 Å². The van der Waals surface area contributed by atoms with Crippen LogP contribution in [-0.4, -0.2) is 22.2 Å². The van der Waals surface area contributed by atoms with E-state index >= 15 is 0 Å². The molecular formula is C21H25N3O2S. The second-order valence-electron chi connectivity index (χ2n) is 7.38. The molecule has 0 bridgehead atoms. The van der Waals surface area contributed by atoms with Crippen molar-refractivity contribution in [1.29, 1.82) is 0 Å². The number of hydrogen-bond donors (Lipinski definition) is 1. The monoisotopic (exact) mass is 383 g/mol. The molecule has 1 saturated carbocycles. The number of aryl methyl sites for hydroxylation is 2. The molecule has 6 heteroatoms. The van der Waals surface area contributed by atoms with Gasteiger partial charge in [-0.15, -0.1) is 11.3 Å². The number of aromatic nitrogens is 2. The largest absolute Gasteiger partial charge is 0.467 e. The van der Waals surface area contributed by atoms with Gasteiger partial charge in [0.05, 0.1) is 17.4 Å². The highest BCUT2D eigenvalue weighted by molar-refractivity contribution is 7.10. The van der Waals surface area contributed by atoms with Crippen LogP contribution >= 0.6 is 11.3 Å². The molecule has 27 heavy (non-hydrogen) atoms. The van der Waals surface area contributed by atoms with Gasteiger partial charge in [0.1, 0.15) is 11.8 Å². The first-order valence-electron chi connectivity index (χ1n) is 9.48. The minimum Gasteiger partial charge on any atom is -0.467 e. The molecule has 1 N–H and O–H groups in total. The van der Waals surface area contributed by atoms with Crippen LogP contribution in [0, 0.1) is 13.8 Å². The van der Waals surface area contributed by atoms with E-state index in [1.807, 2.05) is 42.8 Å². The van der Waals surface area contributed by atoms with Gasteiger partial charge in [-0.05, 0) is 56.3 Å². The van der Waals surface area contributed by atoms with Crippen molar-refractivity contribution < 1.29 is 9.21 Å². The highest BCUT2D eigenvalue weighted by atomic mass is 32.1. The van der Waals surface area contributed by atoms with Crippen molar-refractivity contribution in [2.45, 2.75) is 51.0 Å². The number of carbonyl (C=O) groups excluding carboxylic acids is 1. The number of thiophene rings is 1.